The SMILES string of the molecule is Oc1ccccc1C1=CC(c2ccc(Br)cc2)C=C(c2ccccc2O)N1. The van der Waals surface area contributed by atoms with E-state index < -0.39 is 0 Å². The second-order valence-corrected chi connectivity index (χ2v) is 7.31. The predicted molar refractivity (Wildman–Crippen MR) is 112 cm³/mol. The van der Waals surface area contributed by atoms with Crippen molar-refractivity contribution in [3.05, 3.63) is 106 Å². The van der Waals surface area contributed by atoms with Gasteiger partial charge in [-0.3, -0.25) is 0 Å². The van der Waals surface area contributed by atoms with Crippen LogP contribution >= 0.6 is 15.9 Å². The lowest BCUT2D eigenvalue weighted by Gasteiger charge is -2.25. The smallest absolute Gasteiger partial charge is 0.124 e. The summed E-state index contributed by atoms with van der Waals surface area (Å²) in [6.07, 6.45) is 4.17. The summed E-state index contributed by atoms with van der Waals surface area (Å²) in [4.78, 5) is 0. The molecule has 0 bridgehead atoms. The molecule has 1 aliphatic heterocycles. The molecule has 0 aliphatic carbocycles. The van der Waals surface area contributed by atoms with Crippen LogP contribution in [-0.2, 0) is 0 Å². The third-order valence-corrected chi connectivity index (χ3v) is 5.13. The fourth-order valence-corrected chi connectivity index (χ4v) is 3.49. The zero-order chi connectivity index (χ0) is 18.8. The minimum Gasteiger partial charge on any atom is -0.507 e. The van der Waals surface area contributed by atoms with Gasteiger partial charge in [0.05, 0.1) is 0 Å². The number of phenolic OH excluding ortho intramolecular Hbond substituents is 2. The quantitative estimate of drug-likeness (QED) is 0.515. The summed E-state index contributed by atoms with van der Waals surface area (Å²) in [5, 5.41) is 24.0. The van der Waals surface area contributed by atoms with Crippen LogP contribution in [0.15, 0.2) is 89.4 Å². The van der Waals surface area contributed by atoms with Crippen LogP contribution in [0.25, 0.3) is 11.4 Å². The Morgan fingerprint density at radius 2 is 1.15 bits per heavy atom. The number of aromatic hydroxyl groups is 2. The first-order valence-electron chi connectivity index (χ1n) is 8.64. The van der Waals surface area contributed by atoms with Crippen LogP contribution in [0.2, 0.25) is 0 Å². The minimum absolute atomic E-state index is 0.00330. The summed E-state index contributed by atoms with van der Waals surface area (Å²) >= 11 is 3.48. The molecule has 0 spiro atoms. The Morgan fingerprint density at radius 3 is 1.63 bits per heavy atom. The van der Waals surface area contributed by atoms with Crippen molar-refractivity contribution in [3.63, 3.8) is 0 Å². The summed E-state index contributed by atoms with van der Waals surface area (Å²) in [5.41, 5.74) is 4.19. The zero-order valence-corrected chi connectivity index (χ0v) is 16.0. The van der Waals surface area contributed by atoms with Crippen molar-refractivity contribution in [1.29, 1.82) is 0 Å². The summed E-state index contributed by atoms with van der Waals surface area (Å²) in [5.74, 6) is 0.428. The summed E-state index contributed by atoms with van der Waals surface area (Å²) < 4.78 is 1.02. The summed E-state index contributed by atoms with van der Waals surface area (Å²) in [7, 11) is 0. The van der Waals surface area contributed by atoms with E-state index in [4.69, 9.17) is 0 Å². The van der Waals surface area contributed by atoms with Gasteiger partial charge in [-0.1, -0.05) is 52.3 Å². The molecule has 0 saturated carbocycles. The molecule has 3 aromatic rings. The molecule has 3 nitrogen and oxygen atoms in total. The molecule has 4 rings (SSSR count). The van der Waals surface area contributed by atoms with Gasteiger partial charge in [0, 0.05) is 32.9 Å². The van der Waals surface area contributed by atoms with E-state index in [-0.39, 0.29) is 17.4 Å². The van der Waals surface area contributed by atoms with Crippen LogP contribution in [-0.4, -0.2) is 10.2 Å². The topological polar surface area (TPSA) is 52.5 Å². The lowest BCUT2D eigenvalue weighted by molar-refractivity contribution is 0.473. The molecule has 0 fully saturated rings. The summed E-state index contributed by atoms with van der Waals surface area (Å²) in [6.45, 7) is 0. The maximum Gasteiger partial charge on any atom is 0.124 e. The van der Waals surface area contributed by atoms with E-state index in [1.807, 2.05) is 36.4 Å². The molecule has 3 N–H and O–H groups in total. The van der Waals surface area contributed by atoms with Gasteiger partial charge in [0.25, 0.3) is 0 Å². The Bertz CT molecular complexity index is 977. The van der Waals surface area contributed by atoms with E-state index >= 15 is 0 Å². The molecule has 0 aromatic heterocycles. The molecular weight excluding hydrogens is 402 g/mol. The van der Waals surface area contributed by atoms with Crippen molar-refractivity contribution in [2.75, 3.05) is 0 Å². The number of nitrogens with one attached hydrogen (secondary N) is 1. The van der Waals surface area contributed by atoms with Crippen molar-refractivity contribution in [2.45, 2.75) is 5.92 Å². The molecule has 27 heavy (non-hydrogen) atoms. The second-order valence-electron chi connectivity index (χ2n) is 6.40. The number of phenols is 2. The Kier molecular flexibility index (Phi) is 4.73. The minimum atomic E-state index is 0.00330. The largest absolute Gasteiger partial charge is 0.507 e. The van der Waals surface area contributed by atoms with E-state index in [0.717, 1.165) is 32.6 Å². The van der Waals surface area contributed by atoms with Crippen LogP contribution < -0.4 is 5.32 Å². The van der Waals surface area contributed by atoms with Gasteiger partial charge in [-0.15, -0.1) is 0 Å². The van der Waals surface area contributed by atoms with Crippen molar-refractivity contribution in [1.82, 2.24) is 5.32 Å². The van der Waals surface area contributed by atoms with Gasteiger partial charge >= 0.3 is 0 Å². The fraction of sp³-hybridized carbons (Fsp3) is 0.0435. The van der Waals surface area contributed by atoms with Gasteiger partial charge in [-0.25, -0.2) is 0 Å². The molecule has 0 atom stereocenters. The van der Waals surface area contributed by atoms with Crippen molar-refractivity contribution < 1.29 is 10.2 Å². The third kappa shape index (κ3) is 3.62. The first-order chi connectivity index (χ1) is 13.1. The van der Waals surface area contributed by atoms with Crippen LogP contribution in [0.3, 0.4) is 0 Å². The van der Waals surface area contributed by atoms with Gasteiger partial charge in [-0.2, -0.15) is 0 Å². The van der Waals surface area contributed by atoms with E-state index in [2.05, 4.69) is 45.5 Å². The van der Waals surface area contributed by atoms with Gasteiger partial charge in [0.1, 0.15) is 11.5 Å². The molecule has 3 aromatic carbocycles. The normalized spacial score (nSPS) is 14.3. The first-order valence-corrected chi connectivity index (χ1v) is 9.44. The highest BCUT2D eigenvalue weighted by molar-refractivity contribution is 9.10. The van der Waals surface area contributed by atoms with Gasteiger partial charge in [-0.05, 0) is 54.1 Å². The van der Waals surface area contributed by atoms with E-state index in [0.29, 0.717) is 0 Å². The van der Waals surface area contributed by atoms with Gasteiger partial charge < -0.3 is 15.5 Å². The fourth-order valence-electron chi connectivity index (χ4n) is 3.23. The highest BCUT2D eigenvalue weighted by Crippen LogP contribution is 2.36. The lowest BCUT2D eigenvalue weighted by Crippen LogP contribution is -2.17. The molecule has 4 heteroatoms. The lowest BCUT2D eigenvalue weighted by atomic mass is 9.91. The Morgan fingerprint density at radius 1 is 0.667 bits per heavy atom. The van der Waals surface area contributed by atoms with Crippen LogP contribution in [0.5, 0.6) is 11.5 Å². The number of halogens is 1. The van der Waals surface area contributed by atoms with Crippen LogP contribution in [0, 0.1) is 0 Å². The molecule has 0 radical (unpaired) electrons. The number of hydrogen-bond donors (Lipinski definition) is 3. The second kappa shape index (κ2) is 7.33. The Balaban J connectivity index is 1.83. The number of dihydropyridines is 1. The maximum absolute atomic E-state index is 10.3. The highest BCUT2D eigenvalue weighted by Gasteiger charge is 2.20. The average molecular weight is 420 g/mol. The summed E-state index contributed by atoms with van der Waals surface area (Å²) in [6, 6.07) is 22.6. The molecule has 0 unspecified atom stereocenters. The number of allylic oxidation sites excluding steroid dienone is 2. The van der Waals surface area contributed by atoms with Gasteiger partial charge in [0.2, 0.25) is 0 Å². The Labute approximate surface area is 166 Å². The number of para-hydroxylation sites is 2. The van der Waals surface area contributed by atoms with E-state index in [1.54, 1.807) is 24.3 Å². The van der Waals surface area contributed by atoms with Crippen molar-refractivity contribution in [3.8, 4) is 11.5 Å². The Hall–Kier alpha value is -2.98. The molecule has 0 amide bonds. The van der Waals surface area contributed by atoms with E-state index in [9.17, 15) is 10.2 Å². The standard InChI is InChI=1S/C23H18BrNO2/c24-17-11-9-15(10-12-17)16-13-20(18-5-1-3-7-22(18)26)25-21(14-16)19-6-2-4-8-23(19)27/h1-14,16,25-27H. The molecule has 0 saturated heterocycles. The molecule has 134 valence electrons. The number of hydrogen-bond acceptors (Lipinski definition) is 3. The first kappa shape index (κ1) is 17.4. The monoisotopic (exact) mass is 419 g/mol. The number of benzene rings is 3. The number of rotatable bonds is 3. The van der Waals surface area contributed by atoms with Crippen LogP contribution in [0.4, 0.5) is 0 Å². The predicted octanol–water partition coefficient (Wildman–Crippen LogP) is 5.63. The molecule has 1 heterocycles. The zero-order valence-electron chi connectivity index (χ0n) is 14.4. The van der Waals surface area contributed by atoms with Crippen LogP contribution in [0.1, 0.15) is 22.6 Å². The van der Waals surface area contributed by atoms with Gasteiger partial charge in [0.15, 0.2) is 0 Å². The van der Waals surface area contributed by atoms with Crippen molar-refractivity contribution >= 4 is 27.3 Å². The maximum atomic E-state index is 10.3. The van der Waals surface area contributed by atoms with Crippen molar-refractivity contribution in [2.24, 2.45) is 0 Å². The highest BCUT2D eigenvalue weighted by atomic mass is 79.9. The van der Waals surface area contributed by atoms with E-state index in [1.165, 1.54) is 0 Å². The molecule has 1 aliphatic rings. The average Bonchev–Trinajstić information content (AvgIpc) is 2.69. The molecular formula is C23H18BrNO2. The third-order valence-electron chi connectivity index (χ3n) is 4.61.